The van der Waals surface area contributed by atoms with E-state index in [1.165, 1.54) is 12.1 Å². The van der Waals surface area contributed by atoms with Gasteiger partial charge in [-0.25, -0.2) is 8.42 Å². The van der Waals surface area contributed by atoms with E-state index in [2.05, 4.69) is 0 Å². The highest BCUT2D eigenvalue weighted by Crippen LogP contribution is 2.29. The number of thiophene rings is 1. The quantitative estimate of drug-likeness (QED) is 0.246. The molecule has 0 aliphatic carbocycles. The van der Waals surface area contributed by atoms with Gasteiger partial charge < -0.3 is 4.90 Å². The molecule has 0 bridgehead atoms. The molecule has 0 saturated heterocycles. The minimum atomic E-state index is -4.18. The molecule has 1 amide bonds. The van der Waals surface area contributed by atoms with Gasteiger partial charge in [0.25, 0.3) is 5.69 Å². The van der Waals surface area contributed by atoms with Crippen LogP contribution in [0.3, 0.4) is 0 Å². The van der Waals surface area contributed by atoms with Crippen molar-refractivity contribution in [3.63, 3.8) is 0 Å². The SMILES string of the molecule is CCCN(CC(=O)N(Cc1ccccc1)Cc1sccc1C)S(=O)(=O)c1ccc(Cl)c([N+](=O)[O-])c1. The Kier molecular flexibility index (Phi) is 9.01. The standard InChI is InChI=1S/C24H26ClN3O5S2/c1-3-12-27(35(32,33)20-9-10-21(25)22(14-20)28(30)31)17-24(29)26(15-19-7-5-4-6-8-19)16-23-18(2)11-13-34-23/h4-11,13-14H,3,12,15-17H2,1-2H3. The number of carbonyl (C=O) groups is 1. The van der Waals surface area contributed by atoms with Crippen LogP contribution in [0.5, 0.6) is 0 Å². The highest BCUT2D eigenvalue weighted by atomic mass is 35.5. The van der Waals surface area contributed by atoms with E-state index < -0.39 is 20.6 Å². The highest BCUT2D eigenvalue weighted by Gasteiger charge is 2.30. The topological polar surface area (TPSA) is 101 Å². The monoisotopic (exact) mass is 535 g/mol. The summed E-state index contributed by atoms with van der Waals surface area (Å²) >= 11 is 7.40. The van der Waals surface area contributed by atoms with Crippen molar-refractivity contribution in [3.8, 4) is 0 Å². The Bertz CT molecular complexity index is 1300. The first kappa shape index (κ1) is 26.8. The fourth-order valence-corrected chi connectivity index (χ4v) is 6.11. The Morgan fingerprint density at radius 2 is 1.83 bits per heavy atom. The first-order chi connectivity index (χ1) is 16.6. The Balaban J connectivity index is 1.90. The van der Waals surface area contributed by atoms with E-state index in [1.807, 2.05) is 48.7 Å². The van der Waals surface area contributed by atoms with Crippen molar-refractivity contribution in [2.75, 3.05) is 13.1 Å². The van der Waals surface area contributed by atoms with Gasteiger partial charge in [0.05, 0.1) is 22.9 Å². The minimum Gasteiger partial charge on any atom is -0.332 e. The number of aryl methyl sites for hydroxylation is 1. The number of rotatable bonds is 11. The van der Waals surface area contributed by atoms with Crippen molar-refractivity contribution in [2.24, 2.45) is 0 Å². The van der Waals surface area contributed by atoms with Crippen LogP contribution in [0.1, 0.15) is 29.3 Å². The summed E-state index contributed by atoms with van der Waals surface area (Å²) in [5.41, 5.74) is 1.48. The number of sulfonamides is 1. The van der Waals surface area contributed by atoms with Crippen LogP contribution in [0, 0.1) is 17.0 Å². The maximum Gasteiger partial charge on any atom is 0.289 e. The van der Waals surface area contributed by atoms with Crippen LogP contribution in [-0.2, 0) is 27.9 Å². The maximum absolute atomic E-state index is 13.5. The number of nitro groups is 1. The van der Waals surface area contributed by atoms with Crippen LogP contribution in [0.25, 0.3) is 0 Å². The highest BCUT2D eigenvalue weighted by molar-refractivity contribution is 7.89. The van der Waals surface area contributed by atoms with E-state index in [9.17, 15) is 23.3 Å². The van der Waals surface area contributed by atoms with Gasteiger partial charge in [0.15, 0.2) is 0 Å². The molecule has 0 atom stereocenters. The third kappa shape index (κ3) is 6.66. The van der Waals surface area contributed by atoms with Crippen molar-refractivity contribution in [1.82, 2.24) is 9.21 Å². The number of halogens is 1. The number of carbonyl (C=O) groups excluding carboxylic acids is 1. The molecule has 1 heterocycles. The largest absolute Gasteiger partial charge is 0.332 e. The molecule has 0 radical (unpaired) electrons. The Morgan fingerprint density at radius 3 is 2.43 bits per heavy atom. The lowest BCUT2D eigenvalue weighted by Crippen LogP contribution is -2.42. The van der Waals surface area contributed by atoms with Gasteiger partial charge in [-0.05, 0) is 48.1 Å². The summed E-state index contributed by atoms with van der Waals surface area (Å²) in [5, 5.41) is 13.1. The van der Waals surface area contributed by atoms with Crippen LogP contribution in [0.2, 0.25) is 5.02 Å². The molecule has 0 fully saturated rings. The molecule has 0 aliphatic rings. The minimum absolute atomic E-state index is 0.0850. The zero-order chi connectivity index (χ0) is 25.6. The van der Waals surface area contributed by atoms with Crippen molar-refractivity contribution in [1.29, 1.82) is 0 Å². The zero-order valence-corrected chi connectivity index (χ0v) is 21.8. The summed E-state index contributed by atoms with van der Waals surface area (Å²) in [6.07, 6.45) is 0.463. The van der Waals surface area contributed by atoms with Crippen LogP contribution in [-0.4, -0.2) is 41.5 Å². The summed E-state index contributed by atoms with van der Waals surface area (Å²) in [4.78, 5) is 26.4. The smallest absolute Gasteiger partial charge is 0.289 e. The second-order valence-electron chi connectivity index (χ2n) is 7.97. The molecule has 0 spiro atoms. The number of nitrogens with zero attached hydrogens (tertiary/aromatic N) is 3. The molecule has 186 valence electrons. The average molecular weight is 536 g/mol. The van der Waals surface area contributed by atoms with Gasteiger partial charge in [0.2, 0.25) is 15.9 Å². The molecule has 8 nitrogen and oxygen atoms in total. The van der Waals surface area contributed by atoms with E-state index in [0.29, 0.717) is 19.5 Å². The Hall–Kier alpha value is -2.79. The molecule has 1 aromatic heterocycles. The molecular formula is C24H26ClN3O5S2. The summed E-state index contributed by atoms with van der Waals surface area (Å²) in [6.45, 7) is 4.14. The van der Waals surface area contributed by atoms with Gasteiger partial charge in [-0.3, -0.25) is 14.9 Å². The summed E-state index contributed by atoms with van der Waals surface area (Å²) < 4.78 is 27.8. The summed E-state index contributed by atoms with van der Waals surface area (Å²) in [6, 6.07) is 14.8. The van der Waals surface area contributed by atoms with Crippen LogP contribution >= 0.6 is 22.9 Å². The maximum atomic E-state index is 13.5. The lowest BCUT2D eigenvalue weighted by atomic mass is 10.2. The van der Waals surface area contributed by atoms with Crippen molar-refractivity contribution >= 4 is 44.6 Å². The van der Waals surface area contributed by atoms with Crippen molar-refractivity contribution < 1.29 is 18.1 Å². The van der Waals surface area contributed by atoms with E-state index in [0.717, 1.165) is 26.4 Å². The van der Waals surface area contributed by atoms with Crippen molar-refractivity contribution in [3.05, 3.63) is 91.1 Å². The Morgan fingerprint density at radius 1 is 1.11 bits per heavy atom. The lowest BCUT2D eigenvalue weighted by molar-refractivity contribution is -0.384. The van der Waals surface area contributed by atoms with E-state index in [1.54, 1.807) is 23.2 Å². The first-order valence-electron chi connectivity index (χ1n) is 10.9. The average Bonchev–Trinajstić information content (AvgIpc) is 3.23. The number of nitro benzene ring substituents is 1. The van der Waals surface area contributed by atoms with E-state index >= 15 is 0 Å². The number of amides is 1. The fraction of sp³-hybridized carbons (Fsp3) is 0.292. The third-order valence-corrected chi connectivity index (χ3v) is 8.58. The molecule has 0 aliphatic heterocycles. The van der Waals surface area contributed by atoms with Gasteiger partial charge in [-0.1, -0.05) is 48.9 Å². The molecule has 0 N–H and O–H groups in total. The van der Waals surface area contributed by atoms with Crippen molar-refractivity contribution in [2.45, 2.75) is 38.3 Å². The normalized spacial score (nSPS) is 11.5. The summed E-state index contributed by atoms with van der Waals surface area (Å²) in [5.74, 6) is -0.359. The number of benzene rings is 2. The predicted molar refractivity (Wildman–Crippen MR) is 137 cm³/mol. The van der Waals surface area contributed by atoms with E-state index in [-0.39, 0.29) is 28.9 Å². The van der Waals surface area contributed by atoms with E-state index in [4.69, 9.17) is 11.6 Å². The number of hydrogen-bond donors (Lipinski definition) is 0. The third-order valence-electron chi connectivity index (χ3n) is 5.41. The van der Waals surface area contributed by atoms with Gasteiger partial charge in [0.1, 0.15) is 5.02 Å². The van der Waals surface area contributed by atoms with Gasteiger partial charge in [0, 0.05) is 24.0 Å². The zero-order valence-electron chi connectivity index (χ0n) is 19.4. The molecule has 2 aromatic carbocycles. The van der Waals surface area contributed by atoms with Crippen LogP contribution in [0.15, 0.2) is 64.9 Å². The van der Waals surface area contributed by atoms with Crippen LogP contribution in [0.4, 0.5) is 5.69 Å². The van der Waals surface area contributed by atoms with Crippen LogP contribution < -0.4 is 0 Å². The van der Waals surface area contributed by atoms with Gasteiger partial charge in [-0.15, -0.1) is 11.3 Å². The first-order valence-corrected chi connectivity index (χ1v) is 13.6. The summed E-state index contributed by atoms with van der Waals surface area (Å²) in [7, 11) is -4.18. The molecule has 11 heteroatoms. The molecule has 0 saturated carbocycles. The Labute approximate surface area is 214 Å². The lowest BCUT2D eigenvalue weighted by Gasteiger charge is -2.27. The van der Waals surface area contributed by atoms with Gasteiger partial charge in [-0.2, -0.15) is 4.31 Å². The second kappa shape index (κ2) is 11.8. The molecule has 3 rings (SSSR count). The predicted octanol–water partition coefficient (Wildman–Crippen LogP) is 5.25. The molecular weight excluding hydrogens is 510 g/mol. The number of hydrogen-bond acceptors (Lipinski definition) is 6. The fourth-order valence-electron chi connectivity index (χ4n) is 3.50. The molecule has 3 aromatic rings. The molecule has 35 heavy (non-hydrogen) atoms. The molecule has 0 unspecified atom stereocenters. The second-order valence-corrected chi connectivity index (χ2v) is 11.3. The van der Waals surface area contributed by atoms with Gasteiger partial charge >= 0.3 is 0 Å².